The van der Waals surface area contributed by atoms with E-state index in [0.29, 0.717) is 17.6 Å². The molecule has 1 heterocycles. The molecule has 0 spiro atoms. The van der Waals surface area contributed by atoms with Crippen molar-refractivity contribution in [2.45, 2.75) is 33.7 Å². The Morgan fingerprint density at radius 1 is 1.35 bits per heavy atom. The Morgan fingerprint density at radius 3 is 2.41 bits per heavy atom. The Morgan fingerprint density at radius 2 is 1.94 bits per heavy atom. The van der Waals surface area contributed by atoms with Gasteiger partial charge in [-0.15, -0.1) is 0 Å². The fraction of sp³-hybridized carbons (Fsp3) is 0.583. The zero-order valence-corrected chi connectivity index (χ0v) is 10.9. The highest BCUT2D eigenvalue weighted by atomic mass is 16.4. The number of carbonyl (C=O) groups is 1. The summed E-state index contributed by atoms with van der Waals surface area (Å²) in [6.07, 6.45) is 0. The molecule has 1 aromatic heterocycles. The minimum absolute atomic E-state index is 0.0373. The van der Waals surface area contributed by atoms with E-state index in [1.54, 1.807) is 6.92 Å². The molecule has 1 aromatic rings. The van der Waals surface area contributed by atoms with E-state index in [1.165, 1.54) is 6.07 Å². The predicted molar refractivity (Wildman–Crippen MR) is 66.4 cm³/mol. The fourth-order valence-corrected chi connectivity index (χ4v) is 1.45. The molecular weight excluding hydrogens is 218 g/mol. The van der Waals surface area contributed by atoms with Gasteiger partial charge >= 0.3 is 5.97 Å². The molecule has 1 unspecified atom stereocenters. The average molecular weight is 237 g/mol. The van der Waals surface area contributed by atoms with E-state index >= 15 is 0 Å². The summed E-state index contributed by atoms with van der Waals surface area (Å²) in [5, 5.41) is 8.95. The molecule has 0 radical (unpaired) electrons. The minimum Gasteiger partial charge on any atom is -0.477 e. The van der Waals surface area contributed by atoms with Crippen LogP contribution in [0.1, 0.15) is 37.0 Å². The van der Waals surface area contributed by atoms with Crippen LogP contribution in [0.3, 0.4) is 0 Å². The first-order valence-corrected chi connectivity index (χ1v) is 5.64. The van der Waals surface area contributed by atoms with E-state index in [1.807, 2.05) is 11.9 Å². The second-order valence-electron chi connectivity index (χ2n) is 4.60. The molecule has 94 valence electrons. The summed E-state index contributed by atoms with van der Waals surface area (Å²) < 4.78 is 0. The van der Waals surface area contributed by atoms with Crippen LogP contribution in [-0.4, -0.2) is 34.1 Å². The third-order valence-electron chi connectivity index (χ3n) is 2.95. The Labute approximate surface area is 102 Å². The fourth-order valence-electron chi connectivity index (χ4n) is 1.45. The van der Waals surface area contributed by atoms with Crippen LogP contribution >= 0.6 is 0 Å². The molecule has 0 fully saturated rings. The maximum atomic E-state index is 10.9. The SMILES string of the molecule is Cc1cc(C(=O)O)nc(N(C)C(C)C(C)C)n1. The lowest BCUT2D eigenvalue weighted by molar-refractivity contribution is 0.0690. The second kappa shape index (κ2) is 5.12. The highest BCUT2D eigenvalue weighted by molar-refractivity contribution is 5.85. The number of aromatic carboxylic acids is 1. The van der Waals surface area contributed by atoms with Gasteiger partial charge in [-0.1, -0.05) is 13.8 Å². The lowest BCUT2D eigenvalue weighted by Gasteiger charge is -2.28. The summed E-state index contributed by atoms with van der Waals surface area (Å²) >= 11 is 0. The molecule has 17 heavy (non-hydrogen) atoms. The monoisotopic (exact) mass is 237 g/mol. The first-order chi connectivity index (χ1) is 7.82. The number of aryl methyl sites for hydroxylation is 1. The van der Waals surface area contributed by atoms with Gasteiger partial charge < -0.3 is 10.0 Å². The Balaban J connectivity index is 3.09. The van der Waals surface area contributed by atoms with Crippen LogP contribution in [-0.2, 0) is 0 Å². The van der Waals surface area contributed by atoms with Crippen LogP contribution in [0.2, 0.25) is 0 Å². The van der Waals surface area contributed by atoms with Gasteiger partial charge in [-0.05, 0) is 25.8 Å². The van der Waals surface area contributed by atoms with Crippen molar-refractivity contribution in [3.8, 4) is 0 Å². The zero-order chi connectivity index (χ0) is 13.2. The quantitative estimate of drug-likeness (QED) is 0.867. The topological polar surface area (TPSA) is 66.3 Å². The van der Waals surface area contributed by atoms with Gasteiger partial charge in [0.25, 0.3) is 0 Å². The maximum absolute atomic E-state index is 10.9. The lowest BCUT2D eigenvalue weighted by Crippen LogP contribution is -2.34. The van der Waals surface area contributed by atoms with Gasteiger partial charge in [-0.3, -0.25) is 0 Å². The predicted octanol–water partition coefficient (Wildman–Crippen LogP) is 1.96. The molecule has 0 aliphatic carbocycles. The molecule has 5 nitrogen and oxygen atoms in total. The summed E-state index contributed by atoms with van der Waals surface area (Å²) in [5.41, 5.74) is 0.700. The summed E-state index contributed by atoms with van der Waals surface area (Å²) in [5.74, 6) is -0.122. The number of carboxylic acid groups (broad SMARTS) is 1. The van der Waals surface area contributed by atoms with Gasteiger partial charge in [-0.2, -0.15) is 0 Å². The summed E-state index contributed by atoms with van der Waals surface area (Å²) in [7, 11) is 1.88. The van der Waals surface area contributed by atoms with Crippen LogP contribution in [0.4, 0.5) is 5.95 Å². The van der Waals surface area contributed by atoms with E-state index in [0.717, 1.165) is 0 Å². The van der Waals surface area contributed by atoms with Crippen molar-refractivity contribution >= 4 is 11.9 Å². The molecule has 1 N–H and O–H groups in total. The van der Waals surface area contributed by atoms with Crippen molar-refractivity contribution in [3.05, 3.63) is 17.5 Å². The molecule has 0 bridgehead atoms. The van der Waals surface area contributed by atoms with Crippen molar-refractivity contribution < 1.29 is 9.90 Å². The van der Waals surface area contributed by atoms with Crippen molar-refractivity contribution in [3.63, 3.8) is 0 Å². The third-order valence-corrected chi connectivity index (χ3v) is 2.95. The number of carboxylic acids is 1. The Kier molecular flexibility index (Phi) is 4.04. The average Bonchev–Trinajstić information content (AvgIpc) is 2.25. The molecule has 1 rings (SSSR count). The number of nitrogens with zero attached hydrogens (tertiary/aromatic N) is 3. The molecule has 5 heteroatoms. The van der Waals surface area contributed by atoms with E-state index < -0.39 is 5.97 Å². The highest BCUT2D eigenvalue weighted by Crippen LogP contribution is 2.16. The summed E-state index contributed by atoms with van der Waals surface area (Å²) in [6.45, 7) is 8.05. The molecule has 0 aliphatic rings. The van der Waals surface area contributed by atoms with Crippen LogP contribution in [0, 0.1) is 12.8 Å². The van der Waals surface area contributed by atoms with Gasteiger partial charge in [0, 0.05) is 18.8 Å². The van der Waals surface area contributed by atoms with Crippen molar-refractivity contribution in [2.75, 3.05) is 11.9 Å². The molecule has 0 aromatic carbocycles. The van der Waals surface area contributed by atoms with Gasteiger partial charge in [0.05, 0.1) is 0 Å². The minimum atomic E-state index is -1.03. The van der Waals surface area contributed by atoms with E-state index in [4.69, 9.17) is 5.11 Å². The van der Waals surface area contributed by atoms with E-state index in [-0.39, 0.29) is 11.7 Å². The van der Waals surface area contributed by atoms with Crippen LogP contribution in [0.25, 0.3) is 0 Å². The molecule has 0 saturated carbocycles. The van der Waals surface area contributed by atoms with E-state index in [2.05, 4.69) is 30.7 Å². The number of rotatable bonds is 4. The molecular formula is C12H19N3O2. The van der Waals surface area contributed by atoms with E-state index in [9.17, 15) is 4.79 Å². The largest absolute Gasteiger partial charge is 0.477 e. The highest BCUT2D eigenvalue weighted by Gasteiger charge is 2.18. The normalized spacial score (nSPS) is 12.6. The van der Waals surface area contributed by atoms with Crippen molar-refractivity contribution in [1.29, 1.82) is 0 Å². The maximum Gasteiger partial charge on any atom is 0.354 e. The van der Waals surface area contributed by atoms with Crippen molar-refractivity contribution in [2.24, 2.45) is 5.92 Å². The van der Waals surface area contributed by atoms with Gasteiger partial charge in [0.2, 0.25) is 5.95 Å². The molecule has 0 aliphatic heterocycles. The standard InChI is InChI=1S/C12H19N3O2/c1-7(2)9(4)15(5)12-13-8(3)6-10(14-12)11(16)17/h6-7,9H,1-5H3,(H,16,17). The van der Waals surface area contributed by atoms with Crippen LogP contribution < -0.4 is 4.90 Å². The number of anilines is 1. The summed E-state index contributed by atoms with van der Waals surface area (Å²) in [6, 6.07) is 1.72. The van der Waals surface area contributed by atoms with Gasteiger partial charge in [0.1, 0.15) is 0 Å². The van der Waals surface area contributed by atoms with Gasteiger partial charge in [0.15, 0.2) is 5.69 Å². The Hall–Kier alpha value is -1.65. The third kappa shape index (κ3) is 3.15. The molecule has 0 amide bonds. The molecule has 1 atom stereocenters. The zero-order valence-electron chi connectivity index (χ0n) is 10.9. The summed E-state index contributed by atoms with van der Waals surface area (Å²) in [4.78, 5) is 21.2. The first-order valence-electron chi connectivity index (χ1n) is 5.64. The second-order valence-corrected chi connectivity index (χ2v) is 4.60. The first kappa shape index (κ1) is 13.4. The number of aromatic nitrogens is 2. The Bertz CT molecular complexity index is 418. The van der Waals surface area contributed by atoms with Crippen molar-refractivity contribution in [1.82, 2.24) is 9.97 Å². The van der Waals surface area contributed by atoms with Crippen LogP contribution in [0.5, 0.6) is 0 Å². The number of hydrogen-bond acceptors (Lipinski definition) is 4. The lowest BCUT2D eigenvalue weighted by atomic mass is 10.1. The van der Waals surface area contributed by atoms with Crippen LogP contribution in [0.15, 0.2) is 6.07 Å². The smallest absolute Gasteiger partial charge is 0.354 e. The van der Waals surface area contributed by atoms with Gasteiger partial charge in [-0.25, -0.2) is 14.8 Å². The number of hydrogen-bond donors (Lipinski definition) is 1. The molecule has 0 saturated heterocycles.